The second-order valence-corrected chi connectivity index (χ2v) is 11.9. The van der Waals surface area contributed by atoms with E-state index in [1.54, 1.807) is 0 Å². The number of amides is 1. The van der Waals surface area contributed by atoms with E-state index in [1.165, 1.54) is 44.1 Å². The maximum Gasteiger partial charge on any atom is 0.336 e. The van der Waals surface area contributed by atoms with Gasteiger partial charge in [0.15, 0.2) is 0 Å². The van der Waals surface area contributed by atoms with Crippen molar-refractivity contribution >= 4 is 11.9 Å². The summed E-state index contributed by atoms with van der Waals surface area (Å²) in [6.07, 6.45) is 11.2. The quantitative estimate of drug-likeness (QED) is 0.601. The van der Waals surface area contributed by atoms with E-state index < -0.39 is 5.97 Å². The minimum atomic E-state index is -0.959. The molecule has 4 heteroatoms. The molecule has 0 aliphatic heterocycles. The minimum absolute atomic E-state index is 0.0428. The normalized spacial score (nSPS) is 37.3. The molecule has 0 heterocycles. The van der Waals surface area contributed by atoms with E-state index in [-0.39, 0.29) is 29.0 Å². The van der Waals surface area contributed by atoms with Crippen LogP contribution in [0.15, 0.2) is 22.8 Å². The van der Waals surface area contributed by atoms with Gasteiger partial charge in [0.25, 0.3) is 5.91 Å². The number of carboxylic acids is 1. The highest BCUT2D eigenvalue weighted by atomic mass is 16.4. The van der Waals surface area contributed by atoms with Crippen LogP contribution in [0, 0.1) is 28.6 Å². The zero-order valence-electron chi connectivity index (χ0n) is 20.3. The Morgan fingerprint density at radius 3 is 2.32 bits per heavy atom. The van der Waals surface area contributed by atoms with E-state index in [1.807, 2.05) is 38.7 Å². The summed E-state index contributed by atoms with van der Waals surface area (Å²) < 4.78 is 0. The van der Waals surface area contributed by atoms with Crippen LogP contribution in [0.3, 0.4) is 0 Å². The van der Waals surface area contributed by atoms with Gasteiger partial charge in [-0.1, -0.05) is 25.8 Å². The van der Waals surface area contributed by atoms with E-state index >= 15 is 0 Å². The molecule has 0 radical (unpaired) electrons. The molecule has 172 valence electrons. The Morgan fingerprint density at radius 1 is 1.03 bits per heavy atom. The second kappa shape index (κ2) is 7.78. The summed E-state index contributed by atoms with van der Waals surface area (Å²) >= 11 is 0. The number of carbonyl (C=O) groups excluding carboxylic acids is 1. The summed E-state index contributed by atoms with van der Waals surface area (Å²) in [5.74, 6) is 1.05. The molecule has 0 spiro atoms. The Hall–Kier alpha value is -1.58. The summed E-state index contributed by atoms with van der Waals surface area (Å²) in [7, 11) is 0. The zero-order valence-corrected chi connectivity index (χ0v) is 20.3. The Bertz CT molecular complexity index is 829. The van der Waals surface area contributed by atoms with Crippen molar-refractivity contribution in [3.8, 4) is 0 Å². The third-order valence-corrected chi connectivity index (χ3v) is 9.54. The topological polar surface area (TPSA) is 57.6 Å². The van der Waals surface area contributed by atoms with Crippen molar-refractivity contribution in [2.75, 3.05) is 0 Å². The number of carboxylic acid groups (broad SMARTS) is 1. The molecule has 0 aromatic carbocycles. The molecule has 1 amide bonds. The smallest absolute Gasteiger partial charge is 0.336 e. The monoisotopic (exact) mass is 427 g/mol. The van der Waals surface area contributed by atoms with Crippen LogP contribution in [0.4, 0.5) is 0 Å². The fourth-order valence-electron chi connectivity index (χ4n) is 8.13. The standard InChI is InChI=1S/C27H41NO3/c1-16(2)28(17(3)4)24(29)21-15-27(6)18(14-20(21)25(30)31)9-10-19-22-8-7-12-26(22,5)13-11-23(19)27/h14,16-17,19,22-23H,7-13,15H2,1-6H3,(H,30,31)/t19-,22-,23+,26-,27-/m0/s1. The number of hydrogen-bond acceptors (Lipinski definition) is 2. The number of rotatable bonds is 4. The van der Waals surface area contributed by atoms with Gasteiger partial charge in [0, 0.05) is 17.7 Å². The summed E-state index contributed by atoms with van der Waals surface area (Å²) in [5, 5.41) is 10.0. The first-order valence-electron chi connectivity index (χ1n) is 12.5. The number of fused-ring (bicyclic) bond motifs is 5. The molecular formula is C27H41NO3. The zero-order chi connectivity index (χ0) is 22.7. The van der Waals surface area contributed by atoms with Gasteiger partial charge in [-0.25, -0.2) is 4.79 Å². The summed E-state index contributed by atoms with van der Waals surface area (Å²) in [4.78, 5) is 27.8. The van der Waals surface area contributed by atoms with Gasteiger partial charge >= 0.3 is 5.97 Å². The van der Waals surface area contributed by atoms with Crippen LogP contribution in [-0.2, 0) is 9.59 Å². The molecule has 4 nitrogen and oxygen atoms in total. The lowest BCUT2D eigenvalue weighted by molar-refractivity contribution is -0.135. The molecule has 4 rings (SSSR count). The molecule has 4 aliphatic carbocycles. The molecule has 3 saturated carbocycles. The van der Waals surface area contributed by atoms with Gasteiger partial charge < -0.3 is 10.0 Å². The SMILES string of the molecule is CC(C)N(C(=O)C1=C(C(=O)O)C=C2CC[C@@H]3[C@@H](CC[C@]4(C)CCC[C@@H]34)[C@@]2(C)C1)C(C)C. The minimum Gasteiger partial charge on any atom is -0.478 e. The van der Waals surface area contributed by atoms with Crippen molar-refractivity contribution in [1.29, 1.82) is 0 Å². The molecule has 0 saturated heterocycles. The van der Waals surface area contributed by atoms with Crippen molar-refractivity contribution in [3.05, 3.63) is 22.8 Å². The van der Waals surface area contributed by atoms with Crippen molar-refractivity contribution < 1.29 is 14.7 Å². The lowest BCUT2D eigenvalue weighted by atomic mass is 9.47. The fraction of sp³-hybridized carbons (Fsp3) is 0.778. The highest BCUT2D eigenvalue weighted by molar-refractivity contribution is 6.04. The highest BCUT2D eigenvalue weighted by Gasteiger charge is 2.57. The van der Waals surface area contributed by atoms with Gasteiger partial charge in [-0.2, -0.15) is 0 Å². The lowest BCUT2D eigenvalue weighted by Gasteiger charge is -2.57. The average Bonchev–Trinajstić information content (AvgIpc) is 3.07. The van der Waals surface area contributed by atoms with Crippen molar-refractivity contribution in [2.45, 2.75) is 105 Å². The van der Waals surface area contributed by atoms with Gasteiger partial charge in [0.2, 0.25) is 0 Å². The number of nitrogens with zero attached hydrogens (tertiary/aromatic N) is 1. The number of allylic oxidation sites excluding steroid dienone is 1. The van der Waals surface area contributed by atoms with Crippen LogP contribution in [0.5, 0.6) is 0 Å². The molecule has 3 fully saturated rings. The molecule has 5 atom stereocenters. The van der Waals surface area contributed by atoms with Gasteiger partial charge in [-0.3, -0.25) is 4.79 Å². The molecule has 0 aromatic rings. The van der Waals surface area contributed by atoms with Crippen molar-refractivity contribution in [3.63, 3.8) is 0 Å². The van der Waals surface area contributed by atoms with Crippen LogP contribution in [-0.4, -0.2) is 34.0 Å². The number of aliphatic carboxylic acids is 1. The van der Waals surface area contributed by atoms with Gasteiger partial charge in [-0.15, -0.1) is 0 Å². The lowest BCUT2D eigenvalue weighted by Crippen LogP contribution is -2.50. The molecule has 0 aromatic heterocycles. The van der Waals surface area contributed by atoms with E-state index in [0.717, 1.165) is 18.3 Å². The van der Waals surface area contributed by atoms with E-state index in [2.05, 4.69) is 13.8 Å². The first kappa shape index (κ1) is 22.6. The van der Waals surface area contributed by atoms with Crippen LogP contribution >= 0.6 is 0 Å². The Labute approximate surface area is 188 Å². The Balaban J connectivity index is 1.73. The van der Waals surface area contributed by atoms with Crippen LogP contribution in [0.1, 0.15) is 92.9 Å². The van der Waals surface area contributed by atoms with Crippen LogP contribution < -0.4 is 0 Å². The average molecular weight is 428 g/mol. The largest absolute Gasteiger partial charge is 0.478 e. The third-order valence-electron chi connectivity index (χ3n) is 9.54. The molecule has 4 aliphatic rings. The maximum atomic E-state index is 13.7. The van der Waals surface area contributed by atoms with E-state index in [9.17, 15) is 14.7 Å². The van der Waals surface area contributed by atoms with Crippen LogP contribution in [0.25, 0.3) is 0 Å². The van der Waals surface area contributed by atoms with Gasteiger partial charge in [0.1, 0.15) is 0 Å². The third kappa shape index (κ3) is 3.49. The van der Waals surface area contributed by atoms with Crippen molar-refractivity contribution in [1.82, 2.24) is 4.90 Å². The molecule has 0 unspecified atom stereocenters. The molecule has 0 bridgehead atoms. The Kier molecular flexibility index (Phi) is 5.67. The highest BCUT2D eigenvalue weighted by Crippen LogP contribution is 2.65. The van der Waals surface area contributed by atoms with Gasteiger partial charge in [0.05, 0.1) is 5.57 Å². The van der Waals surface area contributed by atoms with E-state index in [0.29, 0.717) is 23.3 Å². The summed E-state index contributed by atoms with van der Waals surface area (Å²) in [6.45, 7) is 12.9. The first-order valence-corrected chi connectivity index (χ1v) is 12.5. The second-order valence-electron chi connectivity index (χ2n) is 11.9. The molecule has 1 N–H and O–H groups in total. The van der Waals surface area contributed by atoms with Crippen LogP contribution in [0.2, 0.25) is 0 Å². The van der Waals surface area contributed by atoms with E-state index in [4.69, 9.17) is 0 Å². The van der Waals surface area contributed by atoms with Gasteiger partial charge in [-0.05, 0) is 107 Å². The van der Waals surface area contributed by atoms with Crippen molar-refractivity contribution in [2.24, 2.45) is 28.6 Å². The Morgan fingerprint density at radius 2 is 1.71 bits per heavy atom. The predicted octanol–water partition coefficient (Wildman–Crippen LogP) is 5.98. The summed E-state index contributed by atoms with van der Waals surface area (Å²) in [6, 6.07) is 0.0856. The molecule has 31 heavy (non-hydrogen) atoms. The number of hydrogen-bond donors (Lipinski definition) is 1. The number of carbonyl (C=O) groups is 2. The first-order chi connectivity index (χ1) is 14.5. The predicted molar refractivity (Wildman–Crippen MR) is 123 cm³/mol. The summed E-state index contributed by atoms with van der Waals surface area (Å²) in [5.41, 5.74) is 2.46. The maximum absolute atomic E-state index is 13.7. The molecular weight excluding hydrogens is 386 g/mol. The fourth-order valence-corrected chi connectivity index (χ4v) is 8.13.